The molecule has 1 aromatic carbocycles. The fraction of sp³-hybridized carbons (Fsp3) is 0.182. The summed E-state index contributed by atoms with van der Waals surface area (Å²) in [6.45, 7) is 2.79. The Bertz CT molecular complexity index is 437. The lowest BCUT2D eigenvalue weighted by molar-refractivity contribution is 0.997. The SMILES string of the molecule is Cc1c(Br)cccc1NCc1ncc[nH]1. The molecule has 2 N–H and O–H groups in total. The van der Waals surface area contributed by atoms with E-state index in [-0.39, 0.29) is 0 Å². The molecular formula is C11H12BrN3. The summed E-state index contributed by atoms with van der Waals surface area (Å²) in [5.74, 6) is 0.939. The van der Waals surface area contributed by atoms with E-state index in [1.165, 1.54) is 5.56 Å². The first kappa shape index (κ1) is 10.2. The molecule has 0 aliphatic rings. The van der Waals surface area contributed by atoms with Crippen LogP contribution >= 0.6 is 15.9 Å². The van der Waals surface area contributed by atoms with Gasteiger partial charge in [-0.2, -0.15) is 0 Å². The molecule has 0 spiro atoms. The second-order valence-electron chi connectivity index (χ2n) is 3.30. The molecule has 0 amide bonds. The maximum atomic E-state index is 4.15. The monoisotopic (exact) mass is 265 g/mol. The van der Waals surface area contributed by atoms with Gasteiger partial charge < -0.3 is 10.3 Å². The van der Waals surface area contributed by atoms with Crippen molar-refractivity contribution in [2.45, 2.75) is 13.5 Å². The summed E-state index contributed by atoms with van der Waals surface area (Å²) >= 11 is 3.50. The van der Waals surface area contributed by atoms with Gasteiger partial charge >= 0.3 is 0 Å². The van der Waals surface area contributed by atoms with Gasteiger partial charge in [-0.25, -0.2) is 4.98 Å². The number of hydrogen-bond donors (Lipinski definition) is 2. The van der Waals surface area contributed by atoms with Crippen LogP contribution in [0.4, 0.5) is 5.69 Å². The number of hydrogen-bond acceptors (Lipinski definition) is 2. The van der Waals surface area contributed by atoms with Gasteiger partial charge in [-0.15, -0.1) is 0 Å². The largest absolute Gasteiger partial charge is 0.378 e. The lowest BCUT2D eigenvalue weighted by Gasteiger charge is -2.09. The summed E-state index contributed by atoms with van der Waals surface area (Å²) in [4.78, 5) is 7.21. The summed E-state index contributed by atoms with van der Waals surface area (Å²) in [7, 11) is 0. The summed E-state index contributed by atoms with van der Waals surface area (Å²) in [6, 6.07) is 6.11. The van der Waals surface area contributed by atoms with Gasteiger partial charge in [0.2, 0.25) is 0 Å². The van der Waals surface area contributed by atoms with Crippen LogP contribution in [0.25, 0.3) is 0 Å². The molecule has 0 aliphatic carbocycles. The normalized spacial score (nSPS) is 10.3. The topological polar surface area (TPSA) is 40.7 Å². The zero-order valence-electron chi connectivity index (χ0n) is 8.42. The average molecular weight is 266 g/mol. The predicted molar refractivity (Wildman–Crippen MR) is 64.8 cm³/mol. The first-order valence-electron chi connectivity index (χ1n) is 4.74. The fourth-order valence-electron chi connectivity index (χ4n) is 1.37. The van der Waals surface area contributed by atoms with Crippen molar-refractivity contribution >= 4 is 21.6 Å². The van der Waals surface area contributed by atoms with E-state index in [9.17, 15) is 0 Å². The molecule has 78 valence electrons. The molecule has 0 saturated carbocycles. The van der Waals surface area contributed by atoms with Crippen molar-refractivity contribution in [3.05, 3.63) is 46.5 Å². The third-order valence-corrected chi connectivity index (χ3v) is 3.13. The number of aromatic amines is 1. The van der Waals surface area contributed by atoms with Crippen LogP contribution in [-0.4, -0.2) is 9.97 Å². The summed E-state index contributed by atoms with van der Waals surface area (Å²) in [5.41, 5.74) is 2.34. The van der Waals surface area contributed by atoms with E-state index < -0.39 is 0 Å². The van der Waals surface area contributed by atoms with Crippen LogP contribution in [0.1, 0.15) is 11.4 Å². The van der Waals surface area contributed by atoms with Crippen LogP contribution in [-0.2, 0) is 6.54 Å². The molecule has 1 heterocycles. The van der Waals surface area contributed by atoms with Crippen molar-refractivity contribution in [1.82, 2.24) is 9.97 Å². The summed E-state index contributed by atoms with van der Waals surface area (Å²) < 4.78 is 1.12. The number of aromatic nitrogens is 2. The Balaban J connectivity index is 2.08. The van der Waals surface area contributed by atoms with Gasteiger partial charge in [0, 0.05) is 22.6 Å². The highest BCUT2D eigenvalue weighted by molar-refractivity contribution is 9.10. The van der Waals surface area contributed by atoms with Gasteiger partial charge in [0.25, 0.3) is 0 Å². The Labute approximate surface area is 97.1 Å². The quantitative estimate of drug-likeness (QED) is 0.896. The van der Waals surface area contributed by atoms with E-state index >= 15 is 0 Å². The molecule has 2 aromatic rings. The minimum absolute atomic E-state index is 0.713. The zero-order chi connectivity index (χ0) is 10.7. The van der Waals surface area contributed by atoms with Gasteiger partial charge in [0.1, 0.15) is 5.82 Å². The Morgan fingerprint density at radius 3 is 3.07 bits per heavy atom. The minimum Gasteiger partial charge on any atom is -0.378 e. The third kappa shape index (κ3) is 2.39. The molecule has 0 aliphatic heterocycles. The first-order valence-corrected chi connectivity index (χ1v) is 5.54. The van der Waals surface area contributed by atoms with Crippen molar-refractivity contribution in [2.24, 2.45) is 0 Å². The van der Waals surface area contributed by atoms with Crippen molar-refractivity contribution in [2.75, 3.05) is 5.32 Å². The zero-order valence-corrected chi connectivity index (χ0v) is 10.0. The van der Waals surface area contributed by atoms with Crippen LogP contribution in [0.15, 0.2) is 35.1 Å². The number of H-pyrrole nitrogens is 1. The number of halogens is 1. The van der Waals surface area contributed by atoms with Crippen LogP contribution in [0.2, 0.25) is 0 Å². The summed E-state index contributed by atoms with van der Waals surface area (Å²) in [6.07, 6.45) is 3.58. The van der Waals surface area contributed by atoms with Crippen LogP contribution in [0.5, 0.6) is 0 Å². The molecule has 0 fully saturated rings. The molecule has 4 heteroatoms. The Hall–Kier alpha value is -1.29. The summed E-state index contributed by atoms with van der Waals surface area (Å²) in [5, 5.41) is 3.33. The van der Waals surface area contributed by atoms with Crippen molar-refractivity contribution in [1.29, 1.82) is 0 Å². The van der Waals surface area contributed by atoms with Crippen molar-refractivity contribution in [3.63, 3.8) is 0 Å². The van der Waals surface area contributed by atoms with Gasteiger partial charge in [-0.1, -0.05) is 22.0 Å². The maximum Gasteiger partial charge on any atom is 0.125 e. The van der Waals surface area contributed by atoms with Crippen molar-refractivity contribution in [3.8, 4) is 0 Å². The third-order valence-electron chi connectivity index (χ3n) is 2.27. The van der Waals surface area contributed by atoms with Crippen molar-refractivity contribution < 1.29 is 0 Å². The van der Waals surface area contributed by atoms with Gasteiger partial charge in [0.05, 0.1) is 6.54 Å². The molecule has 0 radical (unpaired) electrons. The highest BCUT2D eigenvalue weighted by Crippen LogP contribution is 2.23. The lowest BCUT2D eigenvalue weighted by Crippen LogP contribution is -2.02. The number of anilines is 1. The van der Waals surface area contributed by atoms with E-state index in [4.69, 9.17) is 0 Å². The molecule has 0 bridgehead atoms. The molecule has 1 aromatic heterocycles. The van der Waals surface area contributed by atoms with Gasteiger partial charge in [-0.05, 0) is 24.6 Å². The lowest BCUT2D eigenvalue weighted by atomic mass is 10.2. The first-order chi connectivity index (χ1) is 7.27. The number of imidazole rings is 1. The number of rotatable bonds is 3. The second kappa shape index (κ2) is 4.49. The molecule has 2 rings (SSSR count). The van der Waals surface area contributed by atoms with E-state index in [0.29, 0.717) is 6.54 Å². The standard InChI is InChI=1S/C11H12BrN3/c1-8-9(12)3-2-4-10(8)15-7-11-13-5-6-14-11/h2-6,15H,7H2,1H3,(H,13,14). The van der Waals surface area contributed by atoms with E-state index in [1.807, 2.05) is 18.3 Å². The number of benzene rings is 1. The minimum atomic E-state index is 0.713. The highest BCUT2D eigenvalue weighted by atomic mass is 79.9. The smallest absolute Gasteiger partial charge is 0.125 e. The fourth-order valence-corrected chi connectivity index (χ4v) is 1.74. The number of nitrogens with zero attached hydrogens (tertiary/aromatic N) is 1. The molecule has 3 nitrogen and oxygen atoms in total. The highest BCUT2D eigenvalue weighted by Gasteiger charge is 2.01. The predicted octanol–water partition coefficient (Wildman–Crippen LogP) is 3.09. The molecule has 0 unspecified atom stereocenters. The molecular weight excluding hydrogens is 254 g/mol. The molecule has 15 heavy (non-hydrogen) atoms. The maximum absolute atomic E-state index is 4.15. The molecule has 0 saturated heterocycles. The molecule has 0 atom stereocenters. The number of nitrogens with one attached hydrogen (secondary N) is 2. The van der Waals surface area contributed by atoms with E-state index in [0.717, 1.165) is 16.0 Å². The second-order valence-corrected chi connectivity index (χ2v) is 4.16. The van der Waals surface area contributed by atoms with Crippen LogP contribution < -0.4 is 5.32 Å². The Morgan fingerprint density at radius 2 is 2.33 bits per heavy atom. The average Bonchev–Trinajstić information content (AvgIpc) is 2.73. The Kier molecular flexibility index (Phi) is 3.06. The Morgan fingerprint density at radius 1 is 1.47 bits per heavy atom. The van der Waals surface area contributed by atoms with E-state index in [2.05, 4.69) is 44.2 Å². The van der Waals surface area contributed by atoms with E-state index in [1.54, 1.807) is 6.20 Å². The van der Waals surface area contributed by atoms with Crippen LogP contribution in [0, 0.1) is 6.92 Å². The van der Waals surface area contributed by atoms with Gasteiger partial charge in [-0.3, -0.25) is 0 Å². The van der Waals surface area contributed by atoms with Crippen LogP contribution in [0.3, 0.4) is 0 Å². The van der Waals surface area contributed by atoms with Gasteiger partial charge in [0.15, 0.2) is 0 Å².